The summed E-state index contributed by atoms with van der Waals surface area (Å²) in [4.78, 5) is 20.7. The number of carbonyl (C=O) groups is 1. The van der Waals surface area contributed by atoms with Crippen LogP contribution >= 0.6 is 15.9 Å². The van der Waals surface area contributed by atoms with Crippen LogP contribution in [0.1, 0.15) is 6.92 Å². The van der Waals surface area contributed by atoms with E-state index in [0.717, 1.165) is 12.1 Å². The Bertz CT molecular complexity index is 480. The van der Waals surface area contributed by atoms with E-state index < -0.39 is 29.0 Å². The van der Waals surface area contributed by atoms with E-state index in [1.165, 1.54) is 0 Å². The van der Waals surface area contributed by atoms with Gasteiger partial charge in [-0.25, -0.2) is 4.79 Å². The molecule has 0 amide bonds. The average molecular weight is 322 g/mol. The molecule has 0 aliphatic carbocycles. The largest absolute Gasteiger partial charge is 0.480 e. The predicted octanol–water partition coefficient (Wildman–Crippen LogP) is 2.44. The summed E-state index contributed by atoms with van der Waals surface area (Å²) in [7, 11) is 0. The molecular weight excluding hydrogens is 313 g/mol. The Kier molecular flexibility index (Phi) is 5.02. The second-order valence-corrected chi connectivity index (χ2v) is 3.94. The van der Waals surface area contributed by atoms with Gasteiger partial charge in [0, 0.05) is 0 Å². The fraction of sp³-hybridized carbons (Fsp3) is 0.300. The van der Waals surface area contributed by atoms with Crippen LogP contribution in [-0.2, 0) is 9.53 Å². The molecule has 0 unspecified atom stereocenters. The van der Waals surface area contributed by atoms with E-state index in [4.69, 9.17) is 4.74 Å². The molecule has 0 heterocycles. The van der Waals surface area contributed by atoms with Crippen LogP contribution < -0.4 is 4.74 Å². The Labute approximate surface area is 110 Å². The van der Waals surface area contributed by atoms with E-state index in [-0.39, 0.29) is 16.8 Å². The van der Waals surface area contributed by atoms with Gasteiger partial charge in [0.1, 0.15) is 5.75 Å². The van der Waals surface area contributed by atoms with E-state index in [0.29, 0.717) is 0 Å². The third-order valence-electron chi connectivity index (χ3n) is 1.85. The van der Waals surface area contributed by atoms with Crippen LogP contribution in [0.2, 0.25) is 0 Å². The molecule has 18 heavy (non-hydrogen) atoms. The van der Waals surface area contributed by atoms with E-state index in [1.807, 2.05) is 0 Å². The van der Waals surface area contributed by atoms with Gasteiger partial charge in [-0.2, -0.15) is 4.39 Å². The summed E-state index contributed by atoms with van der Waals surface area (Å²) in [6.45, 7) is 1.43. The lowest BCUT2D eigenvalue weighted by Crippen LogP contribution is -2.14. The normalized spacial score (nSPS) is 9.94. The lowest BCUT2D eigenvalue weighted by molar-refractivity contribution is -0.387. The number of hydrogen-bond acceptors (Lipinski definition) is 5. The zero-order valence-corrected chi connectivity index (χ0v) is 10.9. The minimum absolute atomic E-state index is 0.00356. The maximum atomic E-state index is 13.2. The predicted molar refractivity (Wildman–Crippen MR) is 62.9 cm³/mol. The second-order valence-electron chi connectivity index (χ2n) is 3.08. The first-order chi connectivity index (χ1) is 8.45. The van der Waals surface area contributed by atoms with Crippen molar-refractivity contribution < 1.29 is 23.6 Å². The molecule has 0 atom stereocenters. The average Bonchev–Trinajstić information content (AvgIpc) is 2.27. The molecule has 0 aromatic heterocycles. The molecule has 0 fully saturated rings. The molecule has 98 valence electrons. The molecule has 0 aliphatic rings. The molecular formula is C10H9BrFNO5. The summed E-state index contributed by atoms with van der Waals surface area (Å²) in [6.07, 6.45) is 0. The Morgan fingerprint density at radius 1 is 1.56 bits per heavy atom. The van der Waals surface area contributed by atoms with Gasteiger partial charge < -0.3 is 9.47 Å². The van der Waals surface area contributed by atoms with E-state index in [2.05, 4.69) is 20.7 Å². The Morgan fingerprint density at radius 2 is 2.22 bits per heavy atom. The highest BCUT2D eigenvalue weighted by Gasteiger charge is 2.18. The van der Waals surface area contributed by atoms with Crippen molar-refractivity contribution in [1.29, 1.82) is 0 Å². The molecule has 0 bridgehead atoms. The summed E-state index contributed by atoms with van der Waals surface area (Å²) >= 11 is 2.98. The molecule has 0 N–H and O–H groups in total. The van der Waals surface area contributed by atoms with Gasteiger partial charge in [0.25, 0.3) is 0 Å². The number of nitrogens with zero attached hydrogens (tertiary/aromatic N) is 1. The SMILES string of the molecule is CCOC(=O)COc1cc([N+](=O)[O-])c(F)cc1Br. The van der Waals surface area contributed by atoms with Gasteiger partial charge in [0.05, 0.1) is 22.1 Å². The van der Waals surface area contributed by atoms with Gasteiger partial charge in [-0.3, -0.25) is 10.1 Å². The van der Waals surface area contributed by atoms with Gasteiger partial charge in [-0.05, 0) is 28.9 Å². The molecule has 0 saturated heterocycles. The molecule has 0 aliphatic heterocycles. The first-order valence-electron chi connectivity index (χ1n) is 4.87. The first kappa shape index (κ1) is 14.4. The van der Waals surface area contributed by atoms with Crippen molar-refractivity contribution in [3.8, 4) is 5.75 Å². The molecule has 1 aromatic rings. The lowest BCUT2D eigenvalue weighted by Gasteiger charge is -2.07. The van der Waals surface area contributed by atoms with Crippen molar-refractivity contribution in [3.05, 3.63) is 32.5 Å². The molecule has 0 radical (unpaired) electrons. The number of halogens is 2. The van der Waals surface area contributed by atoms with Gasteiger partial charge in [-0.15, -0.1) is 0 Å². The van der Waals surface area contributed by atoms with E-state index >= 15 is 0 Å². The van der Waals surface area contributed by atoms with Crippen LogP contribution in [0.3, 0.4) is 0 Å². The zero-order valence-electron chi connectivity index (χ0n) is 9.31. The number of benzene rings is 1. The second kappa shape index (κ2) is 6.29. The minimum atomic E-state index is -0.990. The van der Waals surface area contributed by atoms with Crippen LogP contribution in [0.15, 0.2) is 16.6 Å². The van der Waals surface area contributed by atoms with Crippen LogP contribution in [-0.4, -0.2) is 24.1 Å². The van der Waals surface area contributed by atoms with Crippen LogP contribution in [0.4, 0.5) is 10.1 Å². The zero-order chi connectivity index (χ0) is 13.7. The maximum Gasteiger partial charge on any atom is 0.344 e. The van der Waals surface area contributed by atoms with E-state index in [1.54, 1.807) is 6.92 Å². The number of nitro benzene ring substituents is 1. The smallest absolute Gasteiger partial charge is 0.344 e. The highest BCUT2D eigenvalue weighted by Crippen LogP contribution is 2.31. The molecule has 1 aromatic carbocycles. The number of hydrogen-bond donors (Lipinski definition) is 0. The number of nitro groups is 1. The fourth-order valence-electron chi connectivity index (χ4n) is 1.11. The highest BCUT2D eigenvalue weighted by atomic mass is 79.9. The number of carbonyl (C=O) groups excluding carboxylic acids is 1. The monoisotopic (exact) mass is 321 g/mol. The van der Waals surface area contributed by atoms with Crippen molar-refractivity contribution in [1.82, 2.24) is 0 Å². The topological polar surface area (TPSA) is 78.7 Å². The molecule has 0 spiro atoms. The van der Waals surface area contributed by atoms with Crippen molar-refractivity contribution in [2.75, 3.05) is 13.2 Å². The molecule has 1 rings (SSSR count). The van der Waals surface area contributed by atoms with Crippen molar-refractivity contribution in [3.63, 3.8) is 0 Å². The quantitative estimate of drug-likeness (QED) is 0.473. The summed E-state index contributed by atoms with van der Waals surface area (Å²) in [5, 5.41) is 10.5. The fourth-order valence-corrected chi connectivity index (χ4v) is 1.54. The van der Waals surface area contributed by atoms with Crippen LogP contribution in [0, 0.1) is 15.9 Å². The molecule has 0 saturated carbocycles. The lowest BCUT2D eigenvalue weighted by atomic mass is 10.3. The number of esters is 1. The van der Waals surface area contributed by atoms with Gasteiger partial charge in [-0.1, -0.05) is 0 Å². The summed E-state index contributed by atoms with van der Waals surface area (Å²) in [5.41, 5.74) is -0.725. The van der Waals surface area contributed by atoms with Crippen LogP contribution in [0.25, 0.3) is 0 Å². The maximum absolute atomic E-state index is 13.2. The summed E-state index contributed by atoms with van der Waals surface area (Å²) < 4.78 is 23.0. The third kappa shape index (κ3) is 3.66. The molecule has 6 nitrogen and oxygen atoms in total. The standard InChI is InChI=1S/C10H9BrFNO5/c1-2-17-10(14)5-18-9-4-8(13(15)16)7(12)3-6(9)11/h3-4H,2,5H2,1H3. The van der Waals surface area contributed by atoms with Crippen molar-refractivity contribution >= 4 is 27.6 Å². The number of rotatable bonds is 5. The van der Waals surface area contributed by atoms with Crippen molar-refractivity contribution in [2.24, 2.45) is 0 Å². The van der Waals surface area contributed by atoms with Gasteiger partial charge in [0.2, 0.25) is 5.82 Å². The van der Waals surface area contributed by atoms with Gasteiger partial charge in [0.15, 0.2) is 6.61 Å². The minimum Gasteiger partial charge on any atom is -0.480 e. The summed E-state index contributed by atoms with van der Waals surface area (Å²) in [6, 6.07) is 1.80. The molecule has 8 heteroatoms. The van der Waals surface area contributed by atoms with Crippen molar-refractivity contribution in [2.45, 2.75) is 6.92 Å². The Morgan fingerprint density at radius 3 is 2.78 bits per heavy atom. The first-order valence-corrected chi connectivity index (χ1v) is 5.66. The highest BCUT2D eigenvalue weighted by molar-refractivity contribution is 9.10. The Balaban J connectivity index is 2.86. The van der Waals surface area contributed by atoms with Crippen LogP contribution in [0.5, 0.6) is 5.75 Å². The van der Waals surface area contributed by atoms with Gasteiger partial charge >= 0.3 is 11.7 Å². The number of ether oxygens (including phenoxy) is 2. The summed E-state index contributed by atoms with van der Waals surface area (Å²) in [5.74, 6) is -1.61. The van der Waals surface area contributed by atoms with E-state index in [9.17, 15) is 19.3 Å². The Hall–Kier alpha value is -1.70. The third-order valence-corrected chi connectivity index (χ3v) is 2.47.